The summed E-state index contributed by atoms with van der Waals surface area (Å²) in [5.41, 5.74) is -0.529. The number of aliphatic hydroxyl groups excluding tert-OH is 1. The van der Waals surface area contributed by atoms with E-state index in [1.807, 2.05) is 0 Å². The normalized spacial score (nSPS) is 33.5. The van der Waals surface area contributed by atoms with Gasteiger partial charge in [0.2, 0.25) is 0 Å². The smallest absolute Gasteiger partial charge is 0.0771 e. The van der Waals surface area contributed by atoms with Gasteiger partial charge in [0.1, 0.15) is 0 Å². The fourth-order valence-corrected chi connectivity index (χ4v) is 3.99. The van der Waals surface area contributed by atoms with Crippen LogP contribution in [0, 0.1) is 11.8 Å². The van der Waals surface area contributed by atoms with Crippen LogP contribution in [-0.4, -0.2) is 35.0 Å². The molecule has 3 heteroatoms. The summed E-state index contributed by atoms with van der Waals surface area (Å²) in [4.78, 5) is 0. The van der Waals surface area contributed by atoms with Gasteiger partial charge in [-0.05, 0) is 43.9 Å². The van der Waals surface area contributed by atoms with Crippen LogP contribution in [0.15, 0.2) is 0 Å². The third-order valence-electron chi connectivity index (χ3n) is 5.53. The highest BCUT2D eigenvalue weighted by molar-refractivity contribution is 4.87. The van der Waals surface area contributed by atoms with Gasteiger partial charge in [-0.25, -0.2) is 0 Å². The second-order valence-corrected chi connectivity index (χ2v) is 7.25. The average molecular weight is 283 g/mol. The topological polar surface area (TPSA) is 52.5 Å². The molecule has 0 amide bonds. The predicted molar refractivity (Wildman–Crippen MR) is 82.7 cm³/mol. The summed E-state index contributed by atoms with van der Waals surface area (Å²) in [5.74, 6) is 1.54. The lowest BCUT2D eigenvalue weighted by Crippen LogP contribution is -2.45. The lowest BCUT2D eigenvalue weighted by Gasteiger charge is -2.36. The Labute approximate surface area is 124 Å². The van der Waals surface area contributed by atoms with Crippen molar-refractivity contribution in [2.24, 2.45) is 11.8 Å². The van der Waals surface area contributed by atoms with Crippen molar-refractivity contribution in [1.29, 1.82) is 0 Å². The molecule has 0 radical (unpaired) electrons. The third kappa shape index (κ3) is 5.01. The van der Waals surface area contributed by atoms with E-state index in [-0.39, 0.29) is 6.10 Å². The Morgan fingerprint density at radius 1 is 1.10 bits per heavy atom. The number of hydrogen-bond acceptors (Lipinski definition) is 3. The van der Waals surface area contributed by atoms with Gasteiger partial charge in [0, 0.05) is 13.1 Å². The molecule has 1 unspecified atom stereocenters. The molecule has 0 aromatic rings. The summed E-state index contributed by atoms with van der Waals surface area (Å²) in [7, 11) is 0. The Bertz CT molecular complexity index is 268. The molecule has 0 saturated heterocycles. The summed E-state index contributed by atoms with van der Waals surface area (Å²) < 4.78 is 0. The zero-order chi connectivity index (χ0) is 14.4. The van der Waals surface area contributed by atoms with Crippen LogP contribution in [0.4, 0.5) is 0 Å². The zero-order valence-electron chi connectivity index (χ0n) is 13.1. The van der Waals surface area contributed by atoms with E-state index in [9.17, 15) is 10.2 Å². The van der Waals surface area contributed by atoms with Crippen molar-refractivity contribution in [3.63, 3.8) is 0 Å². The first-order valence-electron chi connectivity index (χ1n) is 8.72. The minimum atomic E-state index is -0.529. The highest BCUT2D eigenvalue weighted by atomic mass is 16.3. The van der Waals surface area contributed by atoms with Gasteiger partial charge in [0.15, 0.2) is 0 Å². The Balaban J connectivity index is 1.59. The maximum atomic E-state index is 10.5. The maximum absolute atomic E-state index is 10.5. The van der Waals surface area contributed by atoms with Gasteiger partial charge in [0.05, 0.1) is 11.7 Å². The van der Waals surface area contributed by atoms with Gasteiger partial charge in [-0.1, -0.05) is 39.0 Å². The second-order valence-electron chi connectivity index (χ2n) is 7.25. The highest BCUT2D eigenvalue weighted by Gasteiger charge is 2.32. The van der Waals surface area contributed by atoms with Crippen LogP contribution in [0.2, 0.25) is 0 Å². The van der Waals surface area contributed by atoms with E-state index in [0.717, 1.165) is 43.9 Å². The van der Waals surface area contributed by atoms with Crippen LogP contribution >= 0.6 is 0 Å². The molecule has 2 aliphatic carbocycles. The summed E-state index contributed by atoms with van der Waals surface area (Å²) in [5, 5.41) is 23.9. The zero-order valence-corrected chi connectivity index (χ0v) is 13.1. The van der Waals surface area contributed by atoms with Crippen molar-refractivity contribution in [2.45, 2.75) is 82.8 Å². The number of aliphatic hydroxyl groups is 2. The van der Waals surface area contributed by atoms with Crippen molar-refractivity contribution in [3.8, 4) is 0 Å². The van der Waals surface area contributed by atoms with Gasteiger partial charge >= 0.3 is 0 Å². The molecular formula is C17H33NO2. The molecule has 2 fully saturated rings. The van der Waals surface area contributed by atoms with Crippen molar-refractivity contribution >= 4 is 0 Å². The van der Waals surface area contributed by atoms with Crippen LogP contribution in [0.5, 0.6) is 0 Å². The standard InChI is InChI=1S/C17H33NO2/c1-2-14-7-9-17(20,10-8-14)13-18-12-16(19)11-15-5-3-4-6-15/h14-16,18-20H,2-13H2,1H3. The van der Waals surface area contributed by atoms with Crippen LogP contribution in [0.1, 0.15) is 71.1 Å². The number of hydrogen-bond donors (Lipinski definition) is 3. The largest absolute Gasteiger partial charge is 0.392 e. The molecule has 1 atom stereocenters. The predicted octanol–water partition coefficient (Wildman–Crippen LogP) is 2.85. The molecule has 2 saturated carbocycles. The Kier molecular flexibility index (Phi) is 6.31. The van der Waals surface area contributed by atoms with Crippen molar-refractivity contribution in [3.05, 3.63) is 0 Å². The fourth-order valence-electron chi connectivity index (χ4n) is 3.99. The molecule has 0 spiro atoms. The molecule has 20 heavy (non-hydrogen) atoms. The monoisotopic (exact) mass is 283 g/mol. The number of rotatable bonds is 7. The van der Waals surface area contributed by atoms with E-state index in [1.54, 1.807) is 0 Å². The second kappa shape index (κ2) is 7.77. The Hall–Kier alpha value is -0.120. The molecule has 0 aliphatic heterocycles. The van der Waals surface area contributed by atoms with Gasteiger partial charge in [-0.3, -0.25) is 0 Å². The maximum Gasteiger partial charge on any atom is 0.0771 e. The Morgan fingerprint density at radius 3 is 2.35 bits per heavy atom. The summed E-state index contributed by atoms with van der Waals surface area (Å²) in [6.07, 6.45) is 11.3. The first-order chi connectivity index (χ1) is 9.61. The van der Waals surface area contributed by atoms with Crippen LogP contribution in [0.3, 0.4) is 0 Å². The molecule has 0 aromatic carbocycles. The fraction of sp³-hybridized carbons (Fsp3) is 1.00. The van der Waals surface area contributed by atoms with Gasteiger partial charge in [0.25, 0.3) is 0 Å². The van der Waals surface area contributed by atoms with E-state index in [2.05, 4.69) is 12.2 Å². The van der Waals surface area contributed by atoms with Gasteiger partial charge in [-0.15, -0.1) is 0 Å². The average Bonchev–Trinajstić information content (AvgIpc) is 2.92. The molecule has 0 aromatic heterocycles. The van der Waals surface area contributed by atoms with Crippen molar-refractivity contribution in [1.82, 2.24) is 5.32 Å². The summed E-state index contributed by atoms with van der Waals surface area (Å²) >= 11 is 0. The SMILES string of the molecule is CCC1CCC(O)(CNCC(O)CC2CCCC2)CC1. The van der Waals surface area contributed by atoms with Crippen LogP contribution < -0.4 is 5.32 Å². The Morgan fingerprint density at radius 2 is 1.75 bits per heavy atom. The lowest BCUT2D eigenvalue weighted by atomic mass is 9.78. The quantitative estimate of drug-likeness (QED) is 0.673. The summed E-state index contributed by atoms with van der Waals surface area (Å²) in [6.45, 7) is 3.52. The van der Waals surface area contributed by atoms with Crippen molar-refractivity contribution < 1.29 is 10.2 Å². The van der Waals surface area contributed by atoms with E-state index < -0.39 is 5.60 Å². The van der Waals surface area contributed by atoms with Crippen LogP contribution in [-0.2, 0) is 0 Å². The van der Waals surface area contributed by atoms with E-state index in [1.165, 1.54) is 32.1 Å². The first-order valence-corrected chi connectivity index (χ1v) is 8.72. The minimum absolute atomic E-state index is 0.242. The van der Waals surface area contributed by atoms with E-state index in [4.69, 9.17) is 0 Å². The minimum Gasteiger partial charge on any atom is -0.392 e. The first kappa shape index (κ1) is 16.3. The van der Waals surface area contributed by atoms with Crippen molar-refractivity contribution in [2.75, 3.05) is 13.1 Å². The third-order valence-corrected chi connectivity index (χ3v) is 5.53. The molecule has 0 bridgehead atoms. The molecular weight excluding hydrogens is 250 g/mol. The lowest BCUT2D eigenvalue weighted by molar-refractivity contribution is -0.0108. The van der Waals surface area contributed by atoms with Crippen LogP contribution in [0.25, 0.3) is 0 Å². The highest BCUT2D eigenvalue weighted by Crippen LogP contribution is 2.33. The van der Waals surface area contributed by atoms with Gasteiger partial charge < -0.3 is 15.5 Å². The van der Waals surface area contributed by atoms with E-state index in [0.29, 0.717) is 13.1 Å². The molecule has 2 aliphatic rings. The molecule has 118 valence electrons. The van der Waals surface area contributed by atoms with E-state index >= 15 is 0 Å². The molecule has 3 nitrogen and oxygen atoms in total. The number of nitrogens with one attached hydrogen (secondary N) is 1. The van der Waals surface area contributed by atoms with Gasteiger partial charge in [-0.2, -0.15) is 0 Å². The molecule has 2 rings (SSSR count). The summed E-state index contributed by atoms with van der Waals surface area (Å²) in [6, 6.07) is 0. The molecule has 0 heterocycles. The molecule has 3 N–H and O–H groups in total.